The molecule has 0 aromatic heterocycles. The Hall–Kier alpha value is 3.24. The van der Waals surface area contributed by atoms with Crippen molar-refractivity contribution in [3.63, 3.8) is 0 Å². The molecule has 0 aromatic rings. The topological polar surface area (TPSA) is 74.6 Å². The Kier molecular flexibility index (Phi) is 38.0. The summed E-state index contributed by atoms with van der Waals surface area (Å²) in [6.07, 6.45) is 14.7. The fraction of sp³-hybridized carbons (Fsp3) is 1.00. The Morgan fingerprint density at radius 1 is 0.800 bits per heavy atom. The fourth-order valence-electron chi connectivity index (χ4n) is 1.74. The van der Waals surface area contributed by atoms with Gasteiger partial charge in [0.25, 0.3) is 0 Å². The molecule has 20 heavy (non-hydrogen) atoms. The fourth-order valence-corrected chi connectivity index (χ4v) is 2.24. The Morgan fingerprint density at radius 3 is 1.30 bits per heavy atom. The third-order valence-corrected chi connectivity index (χ3v) is 3.41. The third-order valence-electron chi connectivity index (χ3n) is 2.71. The molecule has 2 N–H and O–H groups in total. The summed E-state index contributed by atoms with van der Waals surface area (Å²) in [5.41, 5.74) is 0. The summed E-state index contributed by atoms with van der Waals surface area (Å²) in [7, 11) is -4.67. The zero-order valence-electron chi connectivity index (χ0n) is 13.3. The molecule has 0 atom stereocenters. The van der Waals surface area contributed by atoms with Gasteiger partial charge in [-0.15, -0.1) is 0 Å². The summed E-state index contributed by atoms with van der Waals surface area (Å²) in [6, 6.07) is 0. The Bertz CT molecular complexity index is 236. The van der Waals surface area contributed by atoms with Gasteiger partial charge in [0.15, 0.2) is 0 Å². The van der Waals surface area contributed by atoms with Crippen molar-refractivity contribution in [1.29, 1.82) is 0 Å². The third kappa shape index (κ3) is 49.6. The van der Waals surface area contributed by atoms with Gasteiger partial charge < -0.3 is 24.0 Å². The summed E-state index contributed by atoms with van der Waals surface area (Å²) in [5.74, 6) is 0. The van der Waals surface area contributed by atoms with Gasteiger partial charge in [-0.25, -0.2) is 0 Å². The van der Waals surface area contributed by atoms with Gasteiger partial charge in [-0.1, -0.05) is 0 Å². The van der Waals surface area contributed by atoms with E-state index in [1.807, 2.05) is 0 Å². The van der Waals surface area contributed by atoms with Crippen LogP contribution in [-0.4, -0.2) is 45.5 Å². The molecule has 0 amide bonds. The van der Waals surface area contributed by atoms with Gasteiger partial charge in [-0.2, -0.15) is 8.42 Å². The quantitative estimate of drug-likeness (QED) is 0.170. The minimum atomic E-state index is -4.67. The molecule has 0 bridgehead atoms. The van der Waals surface area contributed by atoms with E-state index in [1.165, 1.54) is 95.8 Å². The van der Waals surface area contributed by atoms with Crippen LogP contribution in [0.4, 0.5) is 0 Å². The monoisotopic (exact) mass is 456 g/mol. The van der Waals surface area contributed by atoms with E-state index in [1.54, 1.807) is 0 Å². The molecule has 0 saturated carbocycles. The predicted octanol–water partition coefficient (Wildman–Crippen LogP) is -2.15. The zero-order valence-corrected chi connectivity index (χ0v) is 21.4. The van der Waals surface area contributed by atoms with Crippen molar-refractivity contribution in [3.05, 3.63) is 0 Å². The molecule has 4 nitrogen and oxygen atoms in total. The second-order valence-electron chi connectivity index (χ2n) is 4.63. The van der Waals surface area contributed by atoms with E-state index in [-0.39, 0.29) is 75.4 Å². The van der Waals surface area contributed by atoms with E-state index >= 15 is 0 Å². The summed E-state index contributed by atoms with van der Waals surface area (Å²) < 4.78 is 33.1. The molecular formula is C12H27IKNaO4S. The maximum absolute atomic E-state index is 8.74. The smallest absolute Gasteiger partial charge is 1.00 e. The van der Waals surface area contributed by atoms with Crippen molar-refractivity contribution in [2.75, 3.05) is 0 Å². The molecule has 0 unspecified atom stereocenters. The van der Waals surface area contributed by atoms with Crippen molar-refractivity contribution in [2.24, 2.45) is 0 Å². The van der Waals surface area contributed by atoms with Crippen LogP contribution in [0, 0.1) is 0 Å². The van der Waals surface area contributed by atoms with Crippen LogP contribution < -0.4 is 75.4 Å². The van der Waals surface area contributed by atoms with Crippen LogP contribution in [-0.2, 0) is 10.4 Å². The minimum Gasteiger partial charge on any atom is -1.00 e. The summed E-state index contributed by atoms with van der Waals surface area (Å²) in [4.78, 5) is 0. The zero-order chi connectivity index (χ0) is 14.3. The van der Waals surface area contributed by atoms with Gasteiger partial charge in [-0.05, 0) is 0 Å². The molecule has 0 aliphatic carbocycles. The van der Waals surface area contributed by atoms with Gasteiger partial charge in [0.05, 0.1) is 0 Å². The molecule has 0 fully saturated rings. The second kappa shape index (κ2) is 24.5. The molecule has 0 radical (unpaired) electrons. The van der Waals surface area contributed by atoms with E-state index in [0.717, 1.165) is 0 Å². The second-order valence-corrected chi connectivity index (χ2v) is 6.53. The van der Waals surface area contributed by atoms with Crippen molar-refractivity contribution in [3.8, 4) is 0 Å². The molecule has 0 rings (SSSR count). The number of halogens is 1. The minimum absolute atomic E-state index is 0. The van der Waals surface area contributed by atoms with E-state index in [2.05, 4.69) is 6.92 Å². The van der Waals surface area contributed by atoms with Crippen LogP contribution in [0.25, 0.3) is 0 Å². The van der Waals surface area contributed by atoms with Crippen LogP contribution in [0.15, 0.2) is 0 Å². The summed E-state index contributed by atoms with van der Waals surface area (Å²) >= 11 is 1.41. The molecule has 0 aromatic carbocycles. The van der Waals surface area contributed by atoms with Gasteiger partial charge >= 0.3 is 165 Å². The standard InChI is InChI=1S/C12H25.HI.K.Na.H2O4S/c1-3-5-7-9-11-12-10-8-6-4-2;;;;1-5(2,3)4/h1,3-12H2,2H3;1H;;;(H2,1,2,3,4)/q;;+1;;/p-1. The number of rotatable bonds is 10. The molecule has 0 heterocycles. The van der Waals surface area contributed by atoms with Crippen LogP contribution in [0.5, 0.6) is 0 Å². The molecule has 0 saturated heterocycles. The first-order valence-electron chi connectivity index (χ1n) is 7.11. The summed E-state index contributed by atoms with van der Waals surface area (Å²) in [6.45, 7) is 2.29. The van der Waals surface area contributed by atoms with E-state index < -0.39 is 10.4 Å². The van der Waals surface area contributed by atoms with Crippen molar-refractivity contribution < 1.29 is 92.9 Å². The van der Waals surface area contributed by atoms with Gasteiger partial charge in [0.2, 0.25) is 0 Å². The maximum atomic E-state index is 8.74. The van der Waals surface area contributed by atoms with Gasteiger partial charge in [0, 0.05) is 0 Å². The van der Waals surface area contributed by atoms with Crippen LogP contribution in [0.1, 0.15) is 71.1 Å². The Morgan fingerprint density at radius 2 is 1.05 bits per heavy atom. The normalized spacial score (nSPS) is 9.85. The average molecular weight is 456 g/mol. The molecule has 0 aliphatic heterocycles. The SMILES string of the molecule is CCCCCCCCCCC[CH2][Na].O=S(=O)(O)O.[I-].[K+]. The summed E-state index contributed by atoms with van der Waals surface area (Å²) in [5, 5.41) is 0. The Labute approximate surface area is 202 Å². The van der Waals surface area contributed by atoms with Gasteiger partial charge in [-0.3, -0.25) is 9.11 Å². The first-order chi connectivity index (χ1) is 8.41. The van der Waals surface area contributed by atoms with Gasteiger partial charge in [0.1, 0.15) is 0 Å². The number of hydrogen-bond donors (Lipinski definition) is 2. The van der Waals surface area contributed by atoms with E-state index in [0.29, 0.717) is 0 Å². The first kappa shape index (κ1) is 31.0. The molecule has 8 heteroatoms. The van der Waals surface area contributed by atoms with Crippen molar-refractivity contribution in [1.82, 2.24) is 0 Å². The molecule has 114 valence electrons. The number of unbranched alkanes of at least 4 members (excludes halogenated alkanes) is 9. The van der Waals surface area contributed by atoms with E-state index in [4.69, 9.17) is 17.5 Å². The largest absolute Gasteiger partial charge is 1.00 e. The van der Waals surface area contributed by atoms with Crippen LogP contribution >= 0.6 is 0 Å². The maximum Gasteiger partial charge on any atom is 1.00 e. The van der Waals surface area contributed by atoms with E-state index in [9.17, 15) is 0 Å². The van der Waals surface area contributed by atoms with Crippen LogP contribution in [0.3, 0.4) is 0 Å². The van der Waals surface area contributed by atoms with Crippen molar-refractivity contribution >= 4 is 38.3 Å². The Balaban J connectivity index is -0.000000158. The molecule has 0 spiro atoms. The first-order valence-corrected chi connectivity index (χ1v) is 9.92. The van der Waals surface area contributed by atoms with Crippen molar-refractivity contribution in [2.45, 2.75) is 74.8 Å². The average Bonchev–Trinajstić information content (AvgIpc) is 2.25. The number of hydrogen-bond acceptors (Lipinski definition) is 2. The molecular weight excluding hydrogens is 429 g/mol. The van der Waals surface area contributed by atoms with Crippen LogP contribution in [0.2, 0.25) is 3.67 Å². The predicted molar refractivity (Wildman–Crippen MR) is 76.6 cm³/mol. The molecule has 0 aliphatic rings.